The number of piperidine rings is 1. The highest BCUT2D eigenvalue weighted by atomic mass is 16.3. The molecular weight excluding hydrogens is 200 g/mol. The first-order valence-corrected chi connectivity index (χ1v) is 6.00. The molecule has 1 heterocycles. The summed E-state index contributed by atoms with van der Waals surface area (Å²) in [4.78, 5) is 2.18. The van der Waals surface area contributed by atoms with Crippen molar-refractivity contribution in [1.29, 1.82) is 0 Å². The molecular formula is C13H20N2O. The van der Waals surface area contributed by atoms with Gasteiger partial charge in [-0.05, 0) is 31.4 Å². The van der Waals surface area contributed by atoms with E-state index in [1.807, 2.05) is 30.3 Å². The summed E-state index contributed by atoms with van der Waals surface area (Å²) in [7, 11) is 0. The monoisotopic (exact) mass is 220 g/mol. The zero-order chi connectivity index (χ0) is 11.4. The van der Waals surface area contributed by atoms with E-state index in [2.05, 4.69) is 4.90 Å². The number of β-amino-alcohol motifs (C(OH)–C–C–N with tert-alkyl or cyclic N) is 1. The summed E-state index contributed by atoms with van der Waals surface area (Å²) < 4.78 is 0. The smallest absolute Gasteiger partial charge is 0.0917 e. The Labute approximate surface area is 96.9 Å². The first-order valence-electron chi connectivity index (χ1n) is 6.00. The standard InChI is InChI=1S/C13H20N2O/c14-13-8-4-5-9-15(13)10-12(16)11-6-2-1-3-7-11/h1-3,6-7,12-13,16H,4-5,8-10,14H2/t12-,13-/m1/s1. The normalized spacial score (nSPS) is 24.2. The molecule has 3 nitrogen and oxygen atoms in total. The predicted octanol–water partition coefficient (Wildman–Crippen LogP) is 1.49. The summed E-state index contributed by atoms with van der Waals surface area (Å²) in [5, 5.41) is 10.1. The topological polar surface area (TPSA) is 49.5 Å². The van der Waals surface area contributed by atoms with E-state index in [0.29, 0.717) is 6.54 Å². The van der Waals surface area contributed by atoms with Crippen LogP contribution in [0.15, 0.2) is 30.3 Å². The van der Waals surface area contributed by atoms with Crippen molar-refractivity contribution in [2.45, 2.75) is 31.5 Å². The van der Waals surface area contributed by atoms with Gasteiger partial charge in [0, 0.05) is 6.54 Å². The molecule has 0 aliphatic carbocycles. The van der Waals surface area contributed by atoms with Gasteiger partial charge < -0.3 is 10.8 Å². The zero-order valence-electron chi connectivity index (χ0n) is 9.55. The Hall–Kier alpha value is -0.900. The molecule has 16 heavy (non-hydrogen) atoms. The summed E-state index contributed by atoms with van der Waals surface area (Å²) in [6.07, 6.45) is 3.13. The Morgan fingerprint density at radius 2 is 2.06 bits per heavy atom. The molecule has 0 radical (unpaired) electrons. The molecule has 1 aromatic carbocycles. The van der Waals surface area contributed by atoms with Crippen molar-refractivity contribution in [2.24, 2.45) is 5.73 Å². The Balaban J connectivity index is 1.94. The van der Waals surface area contributed by atoms with Gasteiger partial charge in [-0.25, -0.2) is 0 Å². The SMILES string of the molecule is N[C@H]1CCCCN1C[C@@H](O)c1ccccc1. The highest BCUT2D eigenvalue weighted by molar-refractivity contribution is 5.17. The van der Waals surface area contributed by atoms with E-state index in [1.54, 1.807) is 0 Å². The summed E-state index contributed by atoms with van der Waals surface area (Å²) >= 11 is 0. The third-order valence-electron chi connectivity index (χ3n) is 3.26. The molecule has 0 spiro atoms. The highest BCUT2D eigenvalue weighted by Crippen LogP contribution is 2.19. The van der Waals surface area contributed by atoms with Gasteiger partial charge in [0.25, 0.3) is 0 Å². The van der Waals surface area contributed by atoms with Crippen LogP contribution < -0.4 is 5.73 Å². The number of nitrogens with two attached hydrogens (primary N) is 1. The minimum atomic E-state index is -0.426. The molecule has 2 rings (SSSR count). The average molecular weight is 220 g/mol. The molecule has 3 heteroatoms. The molecule has 1 fully saturated rings. The van der Waals surface area contributed by atoms with Gasteiger partial charge in [0.2, 0.25) is 0 Å². The first kappa shape index (κ1) is 11.6. The van der Waals surface area contributed by atoms with Crippen LogP contribution in [0.4, 0.5) is 0 Å². The van der Waals surface area contributed by atoms with Crippen molar-refractivity contribution < 1.29 is 5.11 Å². The van der Waals surface area contributed by atoms with Gasteiger partial charge in [0.05, 0.1) is 12.3 Å². The maximum atomic E-state index is 10.1. The third-order valence-corrected chi connectivity index (χ3v) is 3.26. The van der Waals surface area contributed by atoms with Crippen molar-refractivity contribution in [2.75, 3.05) is 13.1 Å². The van der Waals surface area contributed by atoms with E-state index in [0.717, 1.165) is 18.5 Å². The second kappa shape index (κ2) is 5.43. The number of likely N-dealkylation sites (tertiary alicyclic amines) is 1. The number of rotatable bonds is 3. The molecule has 1 aromatic rings. The van der Waals surface area contributed by atoms with Crippen molar-refractivity contribution in [3.05, 3.63) is 35.9 Å². The van der Waals surface area contributed by atoms with Crippen LogP contribution in [0.25, 0.3) is 0 Å². The molecule has 0 bridgehead atoms. The Bertz CT molecular complexity index is 315. The van der Waals surface area contributed by atoms with Crippen molar-refractivity contribution in [3.63, 3.8) is 0 Å². The lowest BCUT2D eigenvalue weighted by molar-refractivity contribution is 0.0692. The predicted molar refractivity (Wildman–Crippen MR) is 64.8 cm³/mol. The summed E-state index contributed by atoms with van der Waals surface area (Å²) in [5.74, 6) is 0. The van der Waals surface area contributed by atoms with E-state index in [4.69, 9.17) is 5.73 Å². The maximum Gasteiger partial charge on any atom is 0.0917 e. The number of nitrogens with zero attached hydrogens (tertiary/aromatic N) is 1. The third kappa shape index (κ3) is 2.82. The van der Waals surface area contributed by atoms with Crippen LogP contribution >= 0.6 is 0 Å². The molecule has 88 valence electrons. The molecule has 0 aromatic heterocycles. The molecule has 0 saturated carbocycles. The number of hydrogen-bond donors (Lipinski definition) is 2. The van der Waals surface area contributed by atoms with Gasteiger partial charge in [-0.1, -0.05) is 30.3 Å². The second-order valence-corrected chi connectivity index (χ2v) is 4.48. The summed E-state index contributed by atoms with van der Waals surface area (Å²) in [5.41, 5.74) is 6.99. The fourth-order valence-corrected chi connectivity index (χ4v) is 2.25. The van der Waals surface area contributed by atoms with Crippen LogP contribution in [-0.4, -0.2) is 29.3 Å². The van der Waals surface area contributed by atoms with Crippen LogP contribution in [0.2, 0.25) is 0 Å². The van der Waals surface area contributed by atoms with Crippen molar-refractivity contribution >= 4 is 0 Å². The maximum absolute atomic E-state index is 10.1. The van der Waals surface area contributed by atoms with E-state index in [1.165, 1.54) is 12.8 Å². The van der Waals surface area contributed by atoms with Crippen LogP contribution in [0.1, 0.15) is 30.9 Å². The van der Waals surface area contributed by atoms with Gasteiger partial charge in [-0.3, -0.25) is 4.90 Å². The second-order valence-electron chi connectivity index (χ2n) is 4.48. The summed E-state index contributed by atoms with van der Waals surface area (Å²) in [6.45, 7) is 1.65. The fourth-order valence-electron chi connectivity index (χ4n) is 2.25. The average Bonchev–Trinajstić information content (AvgIpc) is 2.33. The van der Waals surface area contributed by atoms with Crippen LogP contribution in [0.5, 0.6) is 0 Å². The molecule has 1 saturated heterocycles. The number of aliphatic hydroxyl groups is 1. The lowest BCUT2D eigenvalue weighted by atomic mass is 10.1. The van der Waals surface area contributed by atoms with Gasteiger partial charge in [-0.15, -0.1) is 0 Å². The van der Waals surface area contributed by atoms with Crippen molar-refractivity contribution in [1.82, 2.24) is 4.90 Å². The van der Waals surface area contributed by atoms with E-state index in [-0.39, 0.29) is 6.17 Å². The number of aliphatic hydroxyl groups excluding tert-OH is 1. The largest absolute Gasteiger partial charge is 0.387 e. The van der Waals surface area contributed by atoms with Gasteiger partial charge in [0.1, 0.15) is 0 Å². The lowest BCUT2D eigenvalue weighted by Gasteiger charge is -2.34. The Kier molecular flexibility index (Phi) is 3.93. The molecule has 3 N–H and O–H groups in total. The van der Waals surface area contributed by atoms with E-state index < -0.39 is 6.10 Å². The fraction of sp³-hybridized carbons (Fsp3) is 0.538. The summed E-state index contributed by atoms with van der Waals surface area (Å²) in [6, 6.07) is 9.78. The number of benzene rings is 1. The quantitative estimate of drug-likeness (QED) is 0.811. The molecule has 1 aliphatic rings. The number of hydrogen-bond acceptors (Lipinski definition) is 3. The minimum absolute atomic E-state index is 0.118. The first-order chi connectivity index (χ1) is 7.77. The lowest BCUT2D eigenvalue weighted by Crippen LogP contribution is -2.47. The minimum Gasteiger partial charge on any atom is -0.387 e. The zero-order valence-corrected chi connectivity index (χ0v) is 9.55. The van der Waals surface area contributed by atoms with E-state index in [9.17, 15) is 5.11 Å². The molecule has 2 atom stereocenters. The Morgan fingerprint density at radius 1 is 1.31 bits per heavy atom. The van der Waals surface area contributed by atoms with Gasteiger partial charge >= 0.3 is 0 Å². The van der Waals surface area contributed by atoms with Crippen molar-refractivity contribution in [3.8, 4) is 0 Å². The highest BCUT2D eigenvalue weighted by Gasteiger charge is 2.21. The van der Waals surface area contributed by atoms with Crippen LogP contribution in [0.3, 0.4) is 0 Å². The van der Waals surface area contributed by atoms with Crippen LogP contribution in [0, 0.1) is 0 Å². The van der Waals surface area contributed by atoms with Gasteiger partial charge in [-0.2, -0.15) is 0 Å². The van der Waals surface area contributed by atoms with E-state index >= 15 is 0 Å². The van der Waals surface area contributed by atoms with Gasteiger partial charge in [0.15, 0.2) is 0 Å². The Morgan fingerprint density at radius 3 is 2.75 bits per heavy atom. The van der Waals surface area contributed by atoms with Crippen LogP contribution in [-0.2, 0) is 0 Å². The molecule has 0 unspecified atom stereocenters. The molecule has 0 amide bonds. The molecule has 1 aliphatic heterocycles.